The number of hydrogen-bond donors (Lipinski definition) is 0. The molecule has 6 nitrogen and oxygen atoms in total. The second kappa shape index (κ2) is 5.57. The third-order valence-electron chi connectivity index (χ3n) is 3.57. The molecule has 0 spiro atoms. The number of fused-ring (bicyclic) bond motifs is 1. The second-order valence-electron chi connectivity index (χ2n) is 5.73. The van der Waals surface area contributed by atoms with Gasteiger partial charge in [-0.3, -0.25) is 4.79 Å². The van der Waals surface area contributed by atoms with Gasteiger partial charge in [-0.2, -0.15) is 5.10 Å². The highest BCUT2D eigenvalue weighted by Gasteiger charge is 2.20. The molecule has 0 unspecified atom stereocenters. The average Bonchev–Trinajstić information content (AvgIpc) is 3.16. The Balaban J connectivity index is 1.80. The van der Waals surface area contributed by atoms with Crippen molar-refractivity contribution >= 4 is 22.9 Å². The lowest BCUT2D eigenvalue weighted by atomic mass is 10.2. The molecule has 0 N–H and O–H groups in total. The molecule has 22 heavy (non-hydrogen) atoms. The first-order valence-corrected chi connectivity index (χ1v) is 8.03. The van der Waals surface area contributed by atoms with Crippen LogP contribution >= 0.6 is 11.3 Å². The van der Waals surface area contributed by atoms with E-state index in [-0.39, 0.29) is 5.91 Å². The largest absolute Gasteiger partial charge is 0.336 e. The lowest BCUT2D eigenvalue weighted by Gasteiger charge is -2.15. The van der Waals surface area contributed by atoms with Crippen molar-refractivity contribution < 1.29 is 4.79 Å². The number of imidazole rings is 1. The third-order valence-corrected chi connectivity index (χ3v) is 4.77. The number of carbonyl (C=O) groups is 1. The Labute approximate surface area is 133 Å². The van der Waals surface area contributed by atoms with Crippen molar-refractivity contribution in [2.75, 3.05) is 7.05 Å². The van der Waals surface area contributed by atoms with Gasteiger partial charge in [0.1, 0.15) is 11.2 Å². The van der Waals surface area contributed by atoms with E-state index < -0.39 is 0 Å². The van der Waals surface area contributed by atoms with Crippen molar-refractivity contribution in [3.05, 3.63) is 40.2 Å². The van der Waals surface area contributed by atoms with Crippen LogP contribution in [0.2, 0.25) is 0 Å². The number of hydrogen-bond acceptors (Lipinski definition) is 4. The van der Waals surface area contributed by atoms with Gasteiger partial charge in [-0.25, -0.2) is 9.50 Å². The van der Waals surface area contributed by atoms with E-state index in [1.807, 2.05) is 29.4 Å². The van der Waals surface area contributed by atoms with E-state index in [1.54, 1.807) is 34.0 Å². The minimum atomic E-state index is -0.0455. The number of aryl methyl sites for hydroxylation is 1. The highest BCUT2D eigenvalue weighted by molar-refractivity contribution is 7.09. The molecular formula is C15H19N5OS. The average molecular weight is 317 g/mol. The van der Waals surface area contributed by atoms with Crippen molar-refractivity contribution in [1.29, 1.82) is 0 Å². The summed E-state index contributed by atoms with van der Waals surface area (Å²) in [6, 6.07) is 0. The van der Waals surface area contributed by atoms with Crippen molar-refractivity contribution in [1.82, 2.24) is 24.1 Å². The van der Waals surface area contributed by atoms with E-state index >= 15 is 0 Å². The molecule has 7 heteroatoms. The van der Waals surface area contributed by atoms with Crippen LogP contribution < -0.4 is 0 Å². The summed E-state index contributed by atoms with van der Waals surface area (Å²) in [4.78, 5) is 18.9. The van der Waals surface area contributed by atoms with E-state index in [2.05, 4.69) is 23.9 Å². The summed E-state index contributed by atoms with van der Waals surface area (Å²) in [7, 11) is 3.70. The zero-order valence-corrected chi connectivity index (χ0v) is 14.0. The summed E-state index contributed by atoms with van der Waals surface area (Å²) >= 11 is 1.65. The first-order valence-electron chi connectivity index (χ1n) is 7.15. The Bertz CT molecular complexity index is 813. The molecule has 0 aliphatic carbocycles. The zero-order valence-electron chi connectivity index (χ0n) is 13.1. The summed E-state index contributed by atoms with van der Waals surface area (Å²) in [6.07, 6.45) is 5.34. The van der Waals surface area contributed by atoms with Gasteiger partial charge >= 0.3 is 0 Å². The summed E-state index contributed by atoms with van der Waals surface area (Å²) < 4.78 is 3.61. The number of rotatable bonds is 4. The van der Waals surface area contributed by atoms with E-state index in [1.165, 1.54) is 0 Å². The number of aromatic nitrogens is 4. The maximum atomic E-state index is 12.6. The fourth-order valence-corrected chi connectivity index (χ4v) is 3.21. The Morgan fingerprint density at radius 3 is 2.86 bits per heavy atom. The van der Waals surface area contributed by atoms with Gasteiger partial charge in [-0.05, 0) is 0 Å². The lowest BCUT2D eigenvalue weighted by Crippen LogP contribution is -2.26. The lowest BCUT2D eigenvalue weighted by molar-refractivity contribution is 0.0785. The monoisotopic (exact) mass is 317 g/mol. The van der Waals surface area contributed by atoms with Crippen molar-refractivity contribution in [3.63, 3.8) is 0 Å². The van der Waals surface area contributed by atoms with E-state index in [0.717, 1.165) is 16.3 Å². The van der Waals surface area contributed by atoms with Crippen molar-refractivity contribution in [2.45, 2.75) is 26.3 Å². The predicted molar refractivity (Wildman–Crippen MR) is 86.2 cm³/mol. The summed E-state index contributed by atoms with van der Waals surface area (Å²) in [5, 5.41) is 7.34. The molecule has 0 saturated carbocycles. The second-order valence-corrected chi connectivity index (χ2v) is 6.62. The number of thiazole rings is 1. The predicted octanol–water partition coefficient (Wildman–Crippen LogP) is 2.52. The maximum absolute atomic E-state index is 12.6. The summed E-state index contributed by atoms with van der Waals surface area (Å²) in [6.45, 7) is 4.75. The topological polar surface area (TPSA) is 55.4 Å². The van der Waals surface area contributed by atoms with Crippen LogP contribution in [0, 0.1) is 0 Å². The number of amides is 1. The van der Waals surface area contributed by atoms with Crippen LogP contribution in [-0.2, 0) is 13.6 Å². The zero-order chi connectivity index (χ0) is 15.9. The summed E-state index contributed by atoms with van der Waals surface area (Å²) in [5.74, 6) is 0.370. The minimum absolute atomic E-state index is 0.0455. The summed E-state index contributed by atoms with van der Waals surface area (Å²) in [5.41, 5.74) is 2.34. The van der Waals surface area contributed by atoms with Gasteiger partial charge in [0.05, 0.1) is 23.4 Å². The first kappa shape index (κ1) is 14.8. The SMILES string of the molecule is CC(C)c1nc(CN(C)C(=O)c2cnn3ccn(C)c23)cs1. The quantitative estimate of drug-likeness (QED) is 0.743. The van der Waals surface area contributed by atoms with Gasteiger partial charge in [0, 0.05) is 37.8 Å². The van der Waals surface area contributed by atoms with Crippen LogP contribution in [0.15, 0.2) is 24.0 Å². The Hall–Kier alpha value is -2.15. The van der Waals surface area contributed by atoms with Crippen LogP contribution in [0.5, 0.6) is 0 Å². The molecule has 0 bridgehead atoms. The molecule has 0 aliphatic heterocycles. The van der Waals surface area contributed by atoms with Gasteiger partial charge in [0.25, 0.3) is 5.91 Å². The smallest absolute Gasteiger partial charge is 0.259 e. The highest BCUT2D eigenvalue weighted by atomic mass is 32.1. The molecule has 0 aromatic carbocycles. The molecule has 0 saturated heterocycles. The minimum Gasteiger partial charge on any atom is -0.336 e. The molecule has 3 rings (SSSR count). The van der Waals surface area contributed by atoms with Crippen molar-refractivity contribution in [2.24, 2.45) is 7.05 Å². The van der Waals surface area contributed by atoms with Crippen LogP contribution in [0.25, 0.3) is 5.65 Å². The molecule has 0 radical (unpaired) electrons. The van der Waals surface area contributed by atoms with Crippen LogP contribution in [-0.4, -0.2) is 37.0 Å². The molecule has 0 aliphatic rings. The van der Waals surface area contributed by atoms with E-state index in [4.69, 9.17) is 0 Å². The van der Waals surface area contributed by atoms with Gasteiger partial charge < -0.3 is 9.47 Å². The van der Waals surface area contributed by atoms with E-state index in [9.17, 15) is 4.79 Å². The fraction of sp³-hybridized carbons (Fsp3) is 0.400. The van der Waals surface area contributed by atoms with Gasteiger partial charge in [-0.15, -0.1) is 11.3 Å². The van der Waals surface area contributed by atoms with Crippen LogP contribution in [0.4, 0.5) is 0 Å². The van der Waals surface area contributed by atoms with Gasteiger partial charge in [0.15, 0.2) is 0 Å². The Kier molecular flexibility index (Phi) is 3.74. The Morgan fingerprint density at radius 2 is 2.18 bits per heavy atom. The standard InChI is InChI=1S/C15H19N5OS/c1-10(2)13-17-11(9-22-13)8-19(4)15(21)12-7-16-20-6-5-18(3)14(12)20/h5-7,9-10H,8H2,1-4H3. The maximum Gasteiger partial charge on any atom is 0.259 e. The molecule has 0 fully saturated rings. The van der Waals surface area contributed by atoms with Crippen molar-refractivity contribution in [3.8, 4) is 0 Å². The van der Waals surface area contributed by atoms with E-state index in [0.29, 0.717) is 18.0 Å². The van der Waals surface area contributed by atoms with Crippen LogP contribution in [0.3, 0.4) is 0 Å². The molecular weight excluding hydrogens is 298 g/mol. The van der Waals surface area contributed by atoms with Gasteiger partial charge in [0.2, 0.25) is 0 Å². The molecule has 0 atom stereocenters. The number of nitrogens with zero attached hydrogens (tertiary/aromatic N) is 5. The molecule has 3 heterocycles. The first-order chi connectivity index (χ1) is 10.5. The highest BCUT2D eigenvalue weighted by Crippen LogP contribution is 2.20. The fourth-order valence-electron chi connectivity index (χ4n) is 2.38. The van der Waals surface area contributed by atoms with Crippen LogP contribution in [0.1, 0.15) is 40.8 Å². The molecule has 3 aromatic heterocycles. The Morgan fingerprint density at radius 1 is 1.41 bits per heavy atom. The third kappa shape index (κ3) is 2.52. The van der Waals surface area contributed by atoms with Gasteiger partial charge in [-0.1, -0.05) is 13.8 Å². The normalized spacial score (nSPS) is 11.5. The molecule has 3 aromatic rings. The molecule has 1 amide bonds. The number of carbonyl (C=O) groups excluding carboxylic acids is 1. The molecule has 116 valence electrons.